The zero-order chi connectivity index (χ0) is 43.0. The van der Waals surface area contributed by atoms with Crippen LogP contribution in [0.5, 0.6) is 0 Å². The molecular weight excluding hydrogens is 811 g/mol. The van der Waals surface area contributed by atoms with Gasteiger partial charge in [-0.25, -0.2) is 0 Å². The molecule has 0 aliphatic heterocycles. The fraction of sp³-hybridized carbons (Fsp3) is 0.0820. The Morgan fingerprint density at radius 1 is 0.538 bits per heavy atom. The third-order valence-corrected chi connectivity index (χ3v) is 15.8. The average Bonchev–Trinajstić information content (AvgIpc) is 4.09. The number of anilines is 2. The van der Waals surface area contributed by atoms with E-state index in [4.69, 9.17) is 8.83 Å². The van der Waals surface area contributed by atoms with Crippen molar-refractivity contribution in [2.24, 2.45) is 5.92 Å². The summed E-state index contributed by atoms with van der Waals surface area (Å²) in [5, 5.41) is 9.26. The topological polar surface area (TPSA) is 29.5 Å². The summed E-state index contributed by atoms with van der Waals surface area (Å²) in [6.07, 6.45) is 5.65. The van der Waals surface area contributed by atoms with Crippen LogP contribution in [-0.4, -0.2) is 0 Å². The fourth-order valence-corrected chi connectivity index (χ4v) is 12.7. The quantitative estimate of drug-likeness (QED) is 0.173. The van der Waals surface area contributed by atoms with E-state index in [1.54, 1.807) is 0 Å². The van der Waals surface area contributed by atoms with Crippen LogP contribution in [0.4, 0.5) is 11.4 Å². The first-order valence-corrected chi connectivity index (χ1v) is 23.4. The number of hydrogen-bond acceptors (Lipinski definition) is 4. The van der Waals surface area contributed by atoms with Crippen molar-refractivity contribution in [2.45, 2.75) is 25.7 Å². The van der Waals surface area contributed by atoms with Crippen LogP contribution in [0, 0.1) is 5.92 Å². The van der Waals surface area contributed by atoms with Crippen molar-refractivity contribution in [1.82, 2.24) is 0 Å². The molecule has 0 fully saturated rings. The molecule has 1 atom stereocenters. The van der Waals surface area contributed by atoms with Gasteiger partial charge in [0.2, 0.25) is 0 Å². The van der Waals surface area contributed by atoms with Gasteiger partial charge < -0.3 is 13.7 Å². The highest BCUT2D eigenvalue weighted by molar-refractivity contribution is 7.26. The minimum Gasteiger partial charge on any atom is -0.456 e. The van der Waals surface area contributed by atoms with Crippen LogP contribution in [0.25, 0.3) is 103 Å². The first kappa shape index (κ1) is 36.8. The zero-order valence-corrected chi connectivity index (χ0v) is 36.7. The largest absolute Gasteiger partial charge is 0.456 e. The van der Waals surface area contributed by atoms with Gasteiger partial charge in [0.15, 0.2) is 0 Å². The molecule has 2 aliphatic rings. The van der Waals surface area contributed by atoms with E-state index in [2.05, 4.69) is 207 Å². The van der Waals surface area contributed by atoms with Crippen molar-refractivity contribution < 1.29 is 8.83 Å². The van der Waals surface area contributed by atoms with Crippen molar-refractivity contribution in [2.75, 3.05) is 4.90 Å². The number of thiophene rings is 1. The van der Waals surface area contributed by atoms with Gasteiger partial charge in [-0.1, -0.05) is 153 Å². The number of allylic oxidation sites excluding steroid dienone is 4. The van der Waals surface area contributed by atoms with Crippen LogP contribution < -0.4 is 4.90 Å². The molecule has 3 nitrogen and oxygen atoms in total. The molecule has 12 aromatic rings. The van der Waals surface area contributed by atoms with Gasteiger partial charge in [-0.3, -0.25) is 0 Å². The molecule has 14 rings (SSSR count). The van der Waals surface area contributed by atoms with Crippen molar-refractivity contribution >= 4 is 103 Å². The SMILES string of the molecule is CC1(C)c2ccccc2C2=CC=C(N(c3ccc(-c4cccc5c4sc4ccccc45)cc3)c3cccc4oc5c(-c6ccc7ccccc7c6)c6c(cc5c34)oc3ccccc36)CC21. The Kier molecular flexibility index (Phi) is 7.74. The molecule has 3 aromatic heterocycles. The van der Waals surface area contributed by atoms with Gasteiger partial charge in [0, 0.05) is 53.3 Å². The molecule has 308 valence electrons. The highest BCUT2D eigenvalue weighted by atomic mass is 32.1. The number of rotatable bonds is 5. The lowest BCUT2D eigenvalue weighted by Crippen LogP contribution is -2.28. The minimum atomic E-state index is -0.0314. The van der Waals surface area contributed by atoms with Crippen molar-refractivity contribution in [1.29, 1.82) is 0 Å². The van der Waals surface area contributed by atoms with E-state index in [0.717, 1.165) is 72.8 Å². The summed E-state index contributed by atoms with van der Waals surface area (Å²) in [4.78, 5) is 2.51. The van der Waals surface area contributed by atoms with Crippen LogP contribution >= 0.6 is 11.3 Å². The Morgan fingerprint density at radius 3 is 2.17 bits per heavy atom. The molecule has 4 heteroatoms. The standard InChI is InChI=1S/C61H41NO2S/c1-61(2)49-20-8-5-15-43(49)44-32-31-41(34-50(44)61)62(40-29-27-37(28-30-40)42-18-11-19-46-45-16-7-10-24-55(45)65-60(42)46)51-21-12-23-53-57(51)48-35-54-58(47-17-6-9-22-52(47)63-54)56(59(48)64-53)39-26-25-36-13-3-4-14-38(36)33-39/h3-33,35,50H,34H2,1-2H3. The number of nitrogens with zero attached hydrogens (tertiary/aromatic N) is 1. The smallest absolute Gasteiger partial charge is 0.144 e. The van der Waals surface area contributed by atoms with Crippen LogP contribution in [0.2, 0.25) is 0 Å². The predicted molar refractivity (Wildman–Crippen MR) is 274 cm³/mol. The molecular formula is C61H41NO2S. The van der Waals surface area contributed by atoms with Crippen LogP contribution in [0.15, 0.2) is 209 Å². The summed E-state index contributed by atoms with van der Waals surface area (Å²) < 4.78 is 16.6. The first-order chi connectivity index (χ1) is 32.0. The molecule has 65 heavy (non-hydrogen) atoms. The Morgan fingerprint density at radius 2 is 1.26 bits per heavy atom. The maximum absolute atomic E-state index is 7.18. The van der Waals surface area contributed by atoms with Crippen molar-refractivity contribution in [3.05, 3.63) is 211 Å². The maximum atomic E-state index is 7.18. The molecule has 0 radical (unpaired) electrons. The van der Waals surface area contributed by atoms with Crippen LogP contribution in [-0.2, 0) is 5.41 Å². The normalized spacial score (nSPS) is 15.6. The zero-order valence-electron chi connectivity index (χ0n) is 35.9. The molecule has 9 aromatic carbocycles. The van der Waals surface area contributed by atoms with E-state index < -0.39 is 0 Å². The Labute approximate surface area is 379 Å². The fourth-order valence-electron chi connectivity index (χ4n) is 11.4. The van der Waals surface area contributed by atoms with E-state index >= 15 is 0 Å². The lowest BCUT2D eigenvalue weighted by atomic mass is 9.74. The second-order valence-corrected chi connectivity index (χ2v) is 19.4. The number of benzene rings is 9. The predicted octanol–water partition coefficient (Wildman–Crippen LogP) is 17.8. The van der Waals surface area contributed by atoms with Crippen molar-refractivity contribution in [3.63, 3.8) is 0 Å². The summed E-state index contributed by atoms with van der Waals surface area (Å²) in [5.41, 5.74) is 15.7. The van der Waals surface area contributed by atoms with Crippen molar-refractivity contribution in [3.8, 4) is 22.3 Å². The Bertz CT molecular complexity index is 4020. The van der Waals surface area contributed by atoms with E-state index in [1.807, 2.05) is 17.4 Å². The molecule has 0 spiro atoms. The molecule has 0 N–H and O–H groups in total. The minimum absolute atomic E-state index is 0.0314. The van der Waals surface area contributed by atoms with E-state index in [-0.39, 0.29) is 5.41 Å². The van der Waals surface area contributed by atoms with Gasteiger partial charge in [0.1, 0.15) is 22.3 Å². The van der Waals surface area contributed by atoms with Gasteiger partial charge >= 0.3 is 0 Å². The third kappa shape index (κ3) is 5.35. The van der Waals surface area contributed by atoms with Gasteiger partial charge in [0.25, 0.3) is 0 Å². The second kappa shape index (κ2) is 13.7. The lowest BCUT2D eigenvalue weighted by molar-refractivity contribution is 0.406. The summed E-state index contributed by atoms with van der Waals surface area (Å²) in [5.74, 6) is 0.321. The van der Waals surface area contributed by atoms with Gasteiger partial charge in [-0.05, 0) is 117 Å². The number of hydrogen-bond donors (Lipinski definition) is 0. The lowest BCUT2D eigenvalue weighted by Gasteiger charge is -2.36. The van der Waals surface area contributed by atoms with Gasteiger partial charge in [-0.15, -0.1) is 11.3 Å². The monoisotopic (exact) mass is 851 g/mol. The summed E-state index contributed by atoms with van der Waals surface area (Å²) in [7, 11) is 0. The van der Waals surface area contributed by atoms with Gasteiger partial charge in [0.05, 0.1) is 11.1 Å². The molecule has 0 bridgehead atoms. The molecule has 0 amide bonds. The summed E-state index contributed by atoms with van der Waals surface area (Å²) in [6.45, 7) is 4.84. The van der Waals surface area contributed by atoms with E-state index in [0.29, 0.717) is 5.92 Å². The van der Waals surface area contributed by atoms with E-state index in [1.165, 1.54) is 64.5 Å². The number of para-hydroxylation sites is 1. The van der Waals surface area contributed by atoms with Crippen LogP contribution in [0.3, 0.4) is 0 Å². The third-order valence-electron chi connectivity index (χ3n) is 14.6. The number of furan rings is 2. The Hall–Kier alpha value is -7.66. The molecule has 3 heterocycles. The molecule has 1 unspecified atom stereocenters. The van der Waals surface area contributed by atoms with E-state index in [9.17, 15) is 0 Å². The van der Waals surface area contributed by atoms with Crippen LogP contribution in [0.1, 0.15) is 31.4 Å². The first-order valence-electron chi connectivity index (χ1n) is 22.6. The highest BCUT2D eigenvalue weighted by Crippen LogP contribution is 2.56. The van der Waals surface area contributed by atoms with Gasteiger partial charge in [-0.2, -0.15) is 0 Å². The Balaban J connectivity index is 1.01. The summed E-state index contributed by atoms with van der Waals surface area (Å²) in [6, 6.07) is 66.2. The molecule has 2 aliphatic carbocycles. The second-order valence-electron chi connectivity index (χ2n) is 18.4. The molecule has 0 saturated heterocycles. The molecule has 0 saturated carbocycles. The summed E-state index contributed by atoms with van der Waals surface area (Å²) >= 11 is 1.88. The number of fused-ring (bicyclic) bond motifs is 13. The maximum Gasteiger partial charge on any atom is 0.144 e. The highest BCUT2D eigenvalue weighted by Gasteiger charge is 2.44. The average molecular weight is 852 g/mol.